The van der Waals surface area contributed by atoms with Crippen LogP contribution in [0.15, 0.2) is 51.7 Å². The summed E-state index contributed by atoms with van der Waals surface area (Å²) in [6, 6.07) is 10.2. The third-order valence-electron chi connectivity index (χ3n) is 5.77. The minimum atomic E-state index is -2.65. The number of carboxylic acids is 1. The minimum absolute atomic E-state index is 0.0117. The molecule has 0 radical (unpaired) electrons. The predicted octanol–water partition coefficient (Wildman–Crippen LogP) is 7.08. The molecular formula is C24H21F3N2O3S3. The molecule has 0 amide bonds. The summed E-state index contributed by atoms with van der Waals surface area (Å²) in [5.74, 6) is -2.72. The second-order valence-corrected chi connectivity index (χ2v) is 11.7. The summed E-state index contributed by atoms with van der Waals surface area (Å²) in [4.78, 5) is 19.5. The molecule has 2 aromatic carbocycles. The summed E-state index contributed by atoms with van der Waals surface area (Å²) >= 11 is 4.19. The van der Waals surface area contributed by atoms with E-state index in [4.69, 9.17) is 4.74 Å². The molecule has 1 aliphatic carbocycles. The van der Waals surface area contributed by atoms with Crippen LogP contribution in [0.3, 0.4) is 0 Å². The first-order valence-corrected chi connectivity index (χ1v) is 13.7. The van der Waals surface area contributed by atoms with E-state index in [1.54, 1.807) is 17.8 Å². The van der Waals surface area contributed by atoms with Crippen LogP contribution in [0, 0.1) is 5.82 Å². The third-order valence-corrected chi connectivity index (χ3v) is 8.95. The summed E-state index contributed by atoms with van der Waals surface area (Å²) < 4.78 is 47.1. The van der Waals surface area contributed by atoms with Gasteiger partial charge >= 0.3 is 5.97 Å². The number of thiazole rings is 1. The summed E-state index contributed by atoms with van der Waals surface area (Å²) in [7, 11) is 0. The fraction of sp³-hybridized carbons (Fsp3) is 0.333. The quantitative estimate of drug-likeness (QED) is 0.345. The number of fused-ring (bicyclic) bond motifs is 1. The molecule has 2 aliphatic rings. The fourth-order valence-corrected chi connectivity index (χ4v) is 7.15. The van der Waals surface area contributed by atoms with E-state index in [0.29, 0.717) is 22.1 Å². The van der Waals surface area contributed by atoms with Crippen molar-refractivity contribution >= 4 is 52.2 Å². The molecule has 35 heavy (non-hydrogen) atoms. The highest BCUT2D eigenvalue weighted by atomic mass is 32.2. The lowest BCUT2D eigenvalue weighted by atomic mass is 9.94. The number of thioether (sulfide) groups is 2. The predicted molar refractivity (Wildman–Crippen MR) is 132 cm³/mol. The Kier molecular flexibility index (Phi) is 6.91. The van der Waals surface area contributed by atoms with E-state index in [9.17, 15) is 23.1 Å². The van der Waals surface area contributed by atoms with E-state index in [0.717, 1.165) is 28.4 Å². The summed E-state index contributed by atoms with van der Waals surface area (Å²) in [5.41, 5.74) is 3.01. The Bertz CT molecular complexity index is 1250. The number of ether oxygens (including phenoxy) is 1. The molecule has 0 atom stereocenters. The molecular weight excluding hydrogens is 517 g/mol. The molecule has 0 unspecified atom stereocenters. The smallest absolute Gasteiger partial charge is 0.355 e. The summed E-state index contributed by atoms with van der Waals surface area (Å²) in [5, 5.41) is 9.09. The van der Waals surface area contributed by atoms with Gasteiger partial charge in [0.05, 0.1) is 21.0 Å². The standard InChI is InChI=1S/C24H21F3N2O3S3/c25-14-3-1-4-15(7-14)29-5-2-6-33-19-9-18(32-12-21-22(23(30)31)28-13-34-21)20(8-17(19)29)35-16-10-24(26,27)11-16/h1,3-4,7-9,13,16H,2,5-6,10-12H2,(H,30,31). The van der Waals surface area contributed by atoms with Gasteiger partial charge in [-0.2, -0.15) is 0 Å². The Morgan fingerprint density at radius 3 is 2.86 bits per heavy atom. The van der Waals surface area contributed by atoms with Gasteiger partial charge in [0.15, 0.2) is 5.69 Å². The first-order chi connectivity index (χ1) is 16.8. The van der Waals surface area contributed by atoms with Crippen molar-refractivity contribution in [2.75, 3.05) is 17.2 Å². The molecule has 0 spiro atoms. The number of halogens is 3. The third kappa shape index (κ3) is 5.41. The molecule has 5 nitrogen and oxygen atoms in total. The molecule has 1 aromatic heterocycles. The van der Waals surface area contributed by atoms with Crippen molar-refractivity contribution in [1.82, 2.24) is 4.98 Å². The lowest BCUT2D eigenvalue weighted by Gasteiger charge is -2.35. The van der Waals surface area contributed by atoms with Crippen LogP contribution in [-0.2, 0) is 6.61 Å². The molecule has 3 aromatic rings. The van der Waals surface area contributed by atoms with Gasteiger partial charge in [-0.1, -0.05) is 6.07 Å². The van der Waals surface area contributed by atoms with E-state index in [2.05, 4.69) is 4.98 Å². The van der Waals surface area contributed by atoms with Gasteiger partial charge in [0.25, 0.3) is 0 Å². The highest BCUT2D eigenvalue weighted by molar-refractivity contribution is 8.00. The Morgan fingerprint density at radius 1 is 1.29 bits per heavy atom. The molecule has 0 bridgehead atoms. The van der Waals surface area contributed by atoms with Gasteiger partial charge in [0, 0.05) is 35.2 Å². The Morgan fingerprint density at radius 2 is 2.11 bits per heavy atom. The maximum Gasteiger partial charge on any atom is 0.355 e. The second-order valence-electron chi connectivity index (χ2n) is 8.32. The Balaban J connectivity index is 1.50. The Labute approximate surface area is 212 Å². The van der Waals surface area contributed by atoms with Gasteiger partial charge in [-0.3, -0.25) is 0 Å². The molecule has 2 heterocycles. The first kappa shape index (κ1) is 24.3. The lowest BCUT2D eigenvalue weighted by Crippen LogP contribution is -2.37. The van der Waals surface area contributed by atoms with Gasteiger partial charge in [-0.15, -0.1) is 34.9 Å². The van der Waals surface area contributed by atoms with Crippen LogP contribution in [0.1, 0.15) is 34.6 Å². The second kappa shape index (κ2) is 9.94. The van der Waals surface area contributed by atoms with Crippen LogP contribution in [-0.4, -0.2) is 39.5 Å². The number of aromatic carboxylic acids is 1. The number of anilines is 2. The van der Waals surface area contributed by atoms with Crippen molar-refractivity contribution in [2.24, 2.45) is 0 Å². The zero-order valence-electron chi connectivity index (χ0n) is 18.4. The van der Waals surface area contributed by atoms with E-state index in [-0.39, 0.29) is 36.2 Å². The summed E-state index contributed by atoms with van der Waals surface area (Å²) in [6.07, 6.45) is 0.481. The van der Waals surface area contributed by atoms with Crippen molar-refractivity contribution in [3.8, 4) is 5.75 Å². The van der Waals surface area contributed by atoms with Crippen LogP contribution < -0.4 is 9.64 Å². The monoisotopic (exact) mass is 538 g/mol. The zero-order valence-corrected chi connectivity index (χ0v) is 20.8. The number of hydrogen-bond acceptors (Lipinski definition) is 7. The molecule has 1 saturated carbocycles. The molecule has 5 rings (SSSR count). The molecule has 1 fully saturated rings. The molecule has 0 saturated heterocycles. The van der Waals surface area contributed by atoms with Crippen molar-refractivity contribution in [3.05, 3.63) is 58.3 Å². The van der Waals surface area contributed by atoms with Crippen molar-refractivity contribution < 1.29 is 27.8 Å². The average molecular weight is 539 g/mol. The van der Waals surface area contributed by atoms with Crippen LogP contribution in [0.25, 0.3) is 0 Å². The van der Waals surface area contributed by atoms with Crippen molar-refractivity contribution in [2.45, 2.75) is 46.8 Å². The van der Waals surface area contributed by atoms with Crippen molar-refractivity contribution in [3.63, 3.8) is 0 Å². The summed E-state index contributed by atoms with van der Waals surface area (Å²) in [6.45, 7) is 0.704. The van der Waals surface area contributed by atoms with Crippen LogP contribution in [0.4, 0.5) is 24.5 Å². The largest absolute Gasteiger partial charge is 0.487 e. The highest BCUT2D eigenvalue weighted by Crippen LogP contribution is 2.51. The van der Waals surface area contributed by atoms with Crippen molar-refractivity contribution in [1.29, 1.82) is 0 Å². The minimum Gasteiger partial charge on any atom is -0.487 e. The number of alkyl halides is 2. The van der Waals surface area contributed by atoms with Crippen LogP contribution in [0.5, 0.6) is 5.75 Å². The number of carboxylic acid groups (broad SMARTS) is 1. The maximum absolute atomic E-state index is 14.0. The van der Waals surface area contributed by atoms with Gasteiger partial charge in [-0.25, -0.2) is 22.9 Å². The molecule has 11 heteroatoms. The zero-order chi connectivity index (χ0) is 24.6. The normalized spacial score (nSPS) is 17.4. The lowest BCUT2D eigenvalue weighted by molar-refractivity contribution is -0.0667. The topological polar surface area (TPSA) is 62.7 Å². The van der Waals surface area contributed by atoms with E-state index in [1.165, 1.54) is 40.7 Å². The fourth-order valence-electron chi connectivity index (χ4n) is 4.06. The number of hydrogen-bond donors (Lipinski definition) is 1. The van der Waals surface area contributed by atoms with E-state index < -0.39 is 11.9 Å². The SMILES string of the molecule is O=C(O)c1ncsc1COc1cc2c(cc1SC1CC(F)(F)C1)N(c1cccc(F)c1)CCCS2. The molecule has 1 aliphatic heterocycles. The van der Waals surface area contributed by atoms with Gasteiger partial charge in [-0.05, 0) is 42.5 Å². The Hall–Kier alpha value is -2.37. The number of benzene rings is 2. The molecule has 1 N–H and O–H groups in total. The first-order valence-electron chi connectivity index (χ1n) is 11.0. The van der Waals surface area contributed by atoms with Gasteiger partial charge in [0.1, 0.15) is 18.2 Å². The number of carbonyl (C=O) groups is 1. The molecule has 184 valence electrons. The number of aromatic nitrogens is 1. The number of nitrogens with zero attached hydrogens (tertiary/aromatic N) is 2. The van der Waals surface area contributed by atoms with Gasteiger partial charge in [0.2, 0.25) is 5.92 Å². The van der Waals surface area contributed by atoms with Gasteiger partial charge < -0.3 is 14.7 Å². The van der Waals surface area contributed by atoms with Crippen LogP contribution >= 0.6 is 34.9 Å². The maximum atomic E-state index is 14.0. The average Bonchev–Trinajstić information content (AvgIpc) is 3.17. The van der Waals surface area contributed by atoms with Crippen LogP contribution in [0.2, 0.25) is 0 Å². The highest BCUT2D eigenvalue weighted by Gasteiger charge is 2.46. The van der Waals surface area contributed by atoms with E-state index >= 15 is 0 Å². The number of rotatable bonds is 7. The van der Waals surface area contributed by atoms with E-state index in [1.807, 2.05) is 23.1 Å².